The Kier molecular flexibility index (Phi) is 10.1. The molecule has 13 nitrogen and oxygen atoms in total. The van der Waals surface area contributed by atoms with Crippen LogP contribution >= 0.6 is 7.60 Å². The van der Waals surface area contributed by atoms with Gasteiger partial charge in [-0.05, 0) is 42.7 Å². The van der Waals surface area contributed by atoms with Gasteiger partial charge in [-0.25, -0.2) is 9.37 Å². The molecule has 2 aromatic carbocycles. The van der Waals surface area contributed by atoms with Crippen LogP contribution < -0.4 is 15.4 Å². The standard InChI is InChI=1S/C30H32F4N7O6P/c1-4-47-48(44,45)16-17-6-7-22(24(10-17)46-3)38-29-35-13-20(30(32,33)34)27(39-29)37-23-11-21(31)25(19-15-40(2)28(43)26(19)23)18-12-36-41(14-18)8-5-9-42/h6-7,10-14,42H,4-5,8-9,15-16H2,1-3H3,(H,44,45)(H2,35,37,38,39). The van der Waals surface area contributed by atoms with E-state index in [0.717, 1.165) is 6.07 Å². The Hall–Kier alpha value is -4.57. The number of hydrogen-bond acceptors (Lipinski definition) is 10. The first kappa shape index (κ1) is 34.8. The molecule has 48 heavy (non-hydrogen) atoms. The Balaban J connectivity index is 1.52. The third-order valence-electron chi connectivity index (χ3n) is 7.38. The number of aliphatic hydroxyl groups is 1. The molecule has 1 aliphatic rings. The normalized spacial score (nSPS) is 14.2. The highest BCUT2D eigenvalue weighted by atomic mass is 31.2. The Morgan fingerprint density at radius 3 is 2.58 bits per heavy atom. The number of aliphatic hydroxyl groups excluding tert-OH is 1. The van der Waals surface area contributed by atoms with Crippen LogP contribution in [-0.2, 0) is 34.5 Å². The maximum Gasteiger partial charge on any atom is 0.421 e. The number of fused-ring (bicyclic) bond motifs is 1. The summed E-state index contributed by atoms with van der Waals surface area (Å²) in [5.74, 6) is -2.22. The van der Waals surface area contributed by atoms with Crippen molar-refractivity contribution in [1.29, 1.82) is 0 Å². The first-order chi connectivity index (χ1) is 22.7. The molecule has 4 aromatic rings. The van der Waals surface area contributed by atoms with Gasteiger partial charge in [0.25, 0.3) is 5.91 Å². The second-order valence-corrected chi connectivity index (χ2v) is 12.7. The zero-order chi connectivity index (χ0) is 34.8. The van der Waals surface area contributed by atoms with Gasteiger partial charge in [0.05, 0.1) is 43.0 Å². The van der Waals surface area contributed by atoms with Crippen molar-refractivity contribution in [3.63, 3.8) is 0 Å². The lowest BCUT2D eigenvalue weighted by Gasteiger charge is -2.18. The average Bonchev–Trinajstić information content (AvgIpc) is 3.59. The molecule has 3 heterocycles. The molecule has 0 saturated carbocycles. The van der Waals surface area contributed by atoms with Gasteiger partial charge in [0.1, 0.15) is 22.9 Å². The fourth-order valence-corrected chi connectivity index (χ4v) is 6.42. The van der Waals surface area contributed by atoms with E-state index in [0.29, 0.717) is 30.3 Å². The van der Waals surface area contributed by atoms with Crippen molar-refractivity contribution in [3.8, 4) is 16.9 Å². The molecule has 0 spiro atoms. The second-order valence-electron chi connectivity index (χ2n) is 10.8. The highest BCUT2D eigenvalue weighted by molar-refractivity contribution is 7.51. The topological polar surface area (TPSA) is 164 Å². The molecule has 2 aromatic heterocycles. The van der Waals surface area contributed by atoms with Gasteiger partial charge in [0.2, 0.25) is 5.95 Å². The van der Waals surface area contributed by atoms with Crippen LogP contribution in [0, 0.1) is 5.82 Å². The predicted octanol–water partition coefficient (Wildman–Crippen LogP) is 5.68. The maximum absolute atomic E-state index is 15.8. The molecule has 18 heteroatoms. The van der Waals surface area contributed by atoms with Crippen molar-refractivity contribution >= 4 is 36.6 Å². The van der Waals surface area contributed by atoms with E-state index in [2.05, 4.69) is 25.7 Å². The summed E-state index contributed by atoms with van der Waals surface area (Å²) < 4.78 is 82.2. The van der Waals surface area contributed by atoms with Crippen LogP contribution in [0.15, 0.2) is 42.9 Å². The minimum absolute atomic E-state index is 0.00738. The first-order valence-electron chi connectivity index (χ1n) is 14.6. The molecule has 256 valence electrons. The molecule has 0 bridgehead atoms. The van der Waals surface area contributed by atoms with Crippen molar-refractivity contribution in [3.05, 3.63) is 70.9 Å². The van der Waals surface area contributed by atoms with E-state index < -0.39 is 36.9 Å². The fraction of sp³-hybridized carbons (Fsp3) is 0.333. The van der Waals surface area contributed by atoms with E-state index >= 15 is 4.39 Å². The number of carbonyl (C=O) groups excluding carboxylic acids is 1. The Morgan fingerprint density at radius 2 is 1.90 bits per heavy atom. The van der Waals surface area contributed by atoms with Crippen LogP contribution in [0.3, 0.4) is 0 Å². The zero-order valence-corrected chi connectivity index (χ0v) is 26.9. The van der Waals surface area contributed by atoms with Crippen molar-refractivity contribution in [2.45, 2.75) is 38.8 Å². The monoisotopic (exact) mass is 693 g/mol. The van der Waals surface area contributed by atoms with Gasteiger partial charge >= 0.3 is 13.8 Å². The van der Waals surface area contributed by atoms with Gasteiger partial charge in [-0.15, -0.1) is 0 Å². The molecule has 4 N–H and O–H groups in total. The van der Waals surface area contributed by atoms with Gasteiger partial charge in [-0.2, -0.15) is 23.3 Å². The van der Waals surface area contributed by atoms with Gasteiger partial charge in [0, 0.05) is 50.3 Å². The summed E-state index contributed by atoms with van der Waals surface area (Å²) in [5, 5.41) is 18.6. The summed E-state index contributed by atoms with van der Waals surface area (Å²) in [4.78, 5) is 32.4. The number of aryl methyl sites for hydroxylation is 1. The lowest BCUT2D eigenvalue weighted by molar-refractivity contribution is -0.137. The number of hydrogen-bond donors (Lipinski definition) is 4. The van der Waals surface area contributed by atoms with Crippen LogP contribution in [0.25, 0.3) is 11.1 Å². The van der Waals surface area contributed by atoms with Crippen LogP contribution in [0.1, 0.15) is 40.4 Å². The minimum Gasteiger partial charge on any atom is -0.495 e. The molecule has 1 unspecified atom stereocenters. The van der Waals surface area contributed by atoms with E-state index in [4.69, 9.17) is 14.4 Å². The minimum atomic E-state index is -4.93. The lowest BCUT2D eigenvalue weighted by Crippen LogP contribution is -2.18. The number of nitrogens with one attached hydrogen (secondary N) is 2. The Morgan fingerprint density at radius 1 is 1.12 bits per heavy atom. The quantitative estimate of drug-likeness (QED) is 0.101. The Labute approximate surface area is 272 Å². The fourth-order valence-electron chi connectivity index (χ4n) is 5.27. The van der Waals surface area contributed by atoms with E-state index in [1.54, 1.807) is 13.1 Å². The third-order valence-corrected chi connectivity index (χ3v) is 8.81. The number of aromatic nitrogens is 4. The maximum atomic E-state index is 15.8. The van der Waals surface area contributed by atoms with Crippen molar-refractivity contribution in [2.75, 3.05) is 38.0 Å². The first-order valence-corrected chi connectivity index (χ1v) is 16.4. The van der Waals surface area contributed by atoms with E-state index in [9.17, 15) is 27.4 Å². The third kappa shape index (κ3) is 7.44. The predicted molar refractivity (Wildman–Crippen MR) is 167 cm³/mol. The van der Waals surface area contributed by atoms with Gasteiger partial charge < -0.3 is 34.8 Å². The lowest BCUT2D eigenvalue weighted by atomic mass is 9.96. The Bertz CT molecular complexity index is 1890. The van der Waals surface area contributed by atoms with Gasteiger partial charge in [0.15, 0.2) is 0 Å². The molecule has 5 rings (SSSR count). The van der Waals surface area contributed by atoms with Crippen LogP contribution in [0.4, 0.5) is 40.7 Å². The number of nitrogens with zero attached hydrogens (tertiary/aromatic N) is 5. The highest BCUT2D eigenvalue weighted by Gasteiger charge is 2.37. The van der Waals surface area contributed by atoms with Gasteiger partial charge in [-0.1, -0.05) is 6.07 Å². The van der Waals surface area contributed by atoms with Crippen molar-refractivity contribution in [1.82, 2.24) is 24.6 Å². The molecule has 0 saturated heterocycles. The molecule has 0 aliphatic carbocycles. The summed E-state index contributed by atoms with van der Waals surface area (Å²) in [6.07, 6.45) is -1.29. The van der Waals surface area contributed by atoms with E-state index in [1.165, 1.54) is 48.1 Å². The molecule has 0 radical (unpaired) electrons. The molecule has 1 amide bonds. The average molecular weight is 694 g/mol. The number of rotatable bonds is 13. The number of alkyl halides is 3. The smallest absolute Gasteiger partial charge is 0.421 e. The molecule has 1 aliphatic heterocycles. The number of amides is 1. The van der Waals surface area contributed by atoms with Crippen molar-refractivity contribution < 1.29 is 46.2 Å². The SMILES string of the molecule is CCOP(=O)(O)Cc1ccc(Nc2ncc(C(F)(F)F)c(Nc3cc(F)c(-c4cnn(CCCO)c4)c4c3C(=O)N(C)C4)n2)c(OC)c1. The van der Waals surface area contributed by atoms with E-state index in [-0.39, 0.29) is 65.7 Å². The summed E-state index contributed by atoms with van der Waals surface area (Å²) in [5.41, 5.74) is -0.194. The molecule has 0 fully saturated rings. The zero-order valence-electron chi connectivity index (χ0n) is 26.0. The van der Waals surface area contributed by atoms with Crippen LogP contribution in [0.2, 0.25) is 0 Å². The molecular formula is C30H32F4N7O6P. The van der Waals surface area contributed by atoms with Gasteiger partial charge in [-0.3, -0.25) is 14.0 Å². The van der Waals surface area contributed by atoms with E-state index in [1.807, 2.05) is 0 Å². The molecule has 1 atom stereocenters. The number of benzene rings is 2. The number of methoxy groups -OCH3 is 1. The number of carbonyl (C=O) groups is 1. The van der Waals surface area contributed by atoms with Crippen molar-refractivity contribution in [2.24, 2.45) is 0 Å². The summed E-state index contributed by atoms with van der Waals surface area (Å²) in [6, 6.07) is 5.37. The largest absolute Gasteiger partial charge is 0.495 e. The van der Waals surface area contributed by atoms with Crippen LogP contribution in [0.5, 0.6) is 5.75 Å². The second kappa shape index (κ2) is 13.9. The number of halogens is 4. The number of anilines is 4. The highest BCUT2D eigenvalue weighted by Crippen LogP contribution is 2.46. The number of ether oxygens (including phenoxy) is 1. The van der Waals surface area contributed by atoms with Crippen LogP contribution in [-0.4, -0.2) is 67.9 Å². The summed E-state index contributed by atoms with van der Waals surface area (Å²) in [6.45, 7) is 1.92. The summed E-state index contributed by atoms with van der Waals surface area (Å²) >= 11 is 0. The molecular weight excluding hydrogens is 661 g/mol. The summed E-state index contributed by atoms with van der Waals surface area (Å²) in [7, 11) is -1.09.